The molecule has 0 spiro atoms. The molecular weight excluding hydrogens is 240 g/mol. The molecule has 19 heavy (non-hydrogen) atoms. The van der Waals surface area contributed by atoms with Crippen LogP contribution in [0.25, 0.3) is 0 Å². The Morgan fingerprint density at radius 3 is 3.05 bits per heavy atom. The number of ether oxygens (including phenoxy) is 1. The molecule has 2 aliphatic heterocycles. The molecular formula is C14H22N4O. The van der Waals surface area contributed by atoms with Crippen LogP contribution in [0.15, 0.2) is 6.20 Å². The standard InChI is InChI=1S/C14H22N4O/c1-9-5-10(15)8-18(7-9)13-11-3-4-19-14(11)17-6-12(13)16-2/h6,9-10,16H,3-5,7-8,15H2,1-2H3/t9-,10?/m1/s1. The van der Waals surface area contributed by atoms with Crippen molar-refractivity contribution < 1.29 is 4.74 Å². The SMILES string of the molecule is CNc1cnc2c(c1N1CC(N)C[C@@H](C)C1)CCO2. The van der Waals surface area contributed by atoms with E-state index in [2.05, 4.69) is 22.1 Å². The second-order valence-corrected chi connectivity index (χ2v) is 5.66. The molecule has 5 heteroatoms. The maximum atomic E-state index is 6.18. The zero-order valence-electron chi connectivity index (χ0n) is 11.6. The molecule has 3 N–H and O–H groups in total. The van der Waals surface area contributed by atoms with Gasteiger partial charge in [0.2, 0.25) is 5.88 Å². The van der Waals surface area contributed by atoms with Crippen molar-refractivity contribution in [1.29, 1.82) is 0 Å². The highest BCUT2D eigenvalue weighted by molar-refractivity contribution is 5.75. The quantitative estimate of drug-likeness (QED) is 0.839. The van der Waals surface area contributed by atoms with E-state index < -0.39 is 0 Å². The van der Waals surface area contributed by atoms with Crippen molar-refractivity contribution in [2.24, 2.45) is 11.7 Å². The summed E-state index contributed by atoms with van der Waals surface area (Å²) in [6, 6.07) is 0.250. The Morgan fingerprint density at radius 2 is 2.32 bits per heavy atom. The fourth-order valence-electron chi connectivity index (χ4n) is 3.25. The van der Waals surface area contributed by atoms with E-state index in [4.69, 9.17) is 10.5 Å². The van der Waals surface area contributed by atoms with Gasteiger partial charge in [-0.2, -0.15) is 0 Å². The molecule has 0 aromatic carbocycles. The fourth-order valence-corrected chi connectivity index (χ4v) is 3.25. The normalized spacial score (nSPS) is 25.9. The molecule has 5 nitrogen and oxygen atoms in total. The van der Waals surface area contributed by atoms with Gasteiger partial charge in [0.25, 0.3) is 0 Å². The highest BCUT2D eigenvalue weighted by Gasteiger charge is 2.29. The van der Waals surface area contributed by atoms with Gasteiger partial charge in [0.1, 0.15) is 0 Å². The maximum Gasteiger partial charge on any atom is 0.218 e. The van der Waals surface area contributed by atoms with Gasteiger partial charge in [-0.15, -0.1) is 0 Å². The number of hydrogen-bond acceptors (Lipinski definition) is 5. The zero-order chi connectivity index (χ0) is 13.4. The van der Waals surface area contributed by atoms with Gasteiger partial charge >= 0.3 is 0 Å². The summed E-state index contributed by atoms with van der Waals surface area (Å²) in [5.74, 6) is 1.42. The lowest BCUT2D eigenvalue weighted by Gasteiger charge is -2.38. The van der Waals surface area contributed by atoms with E-state index in [9.17, 15) is 0 Å². The van der Waals surface area contributed by atoms with E-state index in [1.165, 1.54) is 11.3 Å². The fraction of sp³-hybridized carbons (Fsp3) is 0.643. The number of nitrogens with one attached hydrogen (secondary N) is 1. The van der Waals surface area contributed by atoms with Crippen molar-refractivity contribution >= 4 is 11.4 Å². The van der Waals surface area contributed by atoms with Crippen LogP contribution < -0.4 is 20.7 Å². The van der Waals surface area contributed by atoms with E-state index in [1.807, 2.05) is 13.2 Å². The van der Waals surface area contributed by atoms with Crippen molar-refractivity contribution in [3.05, 3.63) is 11.8 Å². The first-order valence-corrected chi connectivity index (χ1v) is 7.02. The molecule has 104 valence electrons. The van der Waals surface area contributed by atoms with Crippen molar-refractivity contribution in [2.75, 3.05) is 37.0 Å². The maximum absolute atomic E-state index is 6.18. The molecule has 0 radical (unpaired) electrons. The van der Waals surface area contributed by atoms with Crippen LogP contribution in [-0.2, 0) is 6.42 Å². The number of nitrogens with zero attached hydrogens (tertiary/aromatic N) is 2. The van der Waals surface area contributed by atoms with Crippen LogP contribution in [0.1, 0.15) is 18.9 Å². The summed E-state index contributed by atoms with van der Waals surface area (Å²) in [5.41, 5.74) is 9.73. The van der Waals surface area contributed by atoms with Gasteiger partial charge in [-0.05, 0) is 12.3 Å². The van der Waals surface area contributed by atoms with E-state index in [1.54, 1.807) is 0 Å². The number of rotatable bonds is 2. The molecule has 0 aliphatic carbocycles. The molecule has 0 saturated carbocycles. The second kappa shape index (κ2) is 4.89. The Bertz CT molecular complexity index is 467. The monoisotopic (exact) mass is 262 g/mol. The van der Waals surface area contributed by atoms with E-state index in [0.717, 1.165) is 44.1 Å². The minimum Gasteiger partial charge on any atom is -0.477 e. The van der Waals surface area contributed by atoms with Crippen LogP contribution in [-0.4, -0.2) is 37.8 Å². The third-order valence-electron chi connectivity index (χ3n) is 3.98. The average Bonchev–Trinajstić information content (AvgIpc) is 2.84. The summed E-state index contributed by atoms with van der Waals surface area (Å²) in [6.45, 7) is 4.97. The summed E-state index contributed by atoms with van der Waals surface area (Å²) in [7, 11) is 1.94. The molecule has 2 aliphatic rings. The number of aromatic nitrogens is 1. The van der Waals surface area contributed by atoms with Gasteiger partial charge in [-0.1, -0.05) is 6.92 Å². The highest BCUT2D eigenvalue weighted by atomic mass is 16.5. The van der Waals surface area contributed by atoms with E-state index >= 15 is 0 Å². The first-order valence-electron chi connectivity index (χ1n) is 7.02. The van der Waals surface area contributed by atoms with Crippen LogP contribution in [0.2, 0.25) is 0 Å². The number of anilines is 2. The van der Waals surface area contributed by atoms with Crippen LogP contribution >= 0.6 is 0 Å². The average molecular weight is 262 g/mol. The molecule has 1 unspecified atom stereocenters. The summed E-state index contributed by atoms with van der Waals surface area (Å²) >= 11 is 0. The van der Waals surface area contributed by atoms with Crippen molar-refractivity contribution in [3.8, 4) is 5.88 Å². The molecule has 1 saturated heterocycles. The Labute approximate surface area is 114 Å². The molecule has 1 fully saturated rings. The smallest absolute Gasteiger partial charge is 0.218 e. The van der Waals surface area contributed by atoms with Gasteiger partial charge < -0.3 is 20.7 Å². The third-order valence-corrected chi connectivity index (χ3v) is 3.98. The van der Waals surface area contributed by atoms with Crippen molar-refractivity contribution in [2.45, 2.75) is 25.8 Å². The van der Waals surface area contributed by atoms with Gasteiger partial charge in [0, 0.05) is 38.2 Å². The molecule has 1 aromatic heterocycles. The van der Waals surface area contributed by atoms with E-state index in [-0.39, 0.29) is 6.04 Å². The lowest BCUT2D eigenvalue weighted by molar-refractivity contribution is 0.345. The predicted octanol–water partition coefficient (Wildman–Crippen LogP) is 1.23. The van der Waals surface area contributed by atoms with Gasteiger partial charge in [-0.25, -0.2) is 4.98 Å². The topological polar surface area (TPSA) is 63.4 Å². The summed E-state index contributed by atoms with van der Waals surface area (Å²) in [4.78, 5) is 6.78. The first kappa shape index (κ1) is 12.5. The first-order chi connectivity index (χ1) is 9.19. The van der Waals surface area contributed by atoms with Gasteiger partial charge in [-0.3, -0.25) is 0 Å². The lowest BCUT2D eigenvalue weighted by atomic mass is 9.95. The molecule has 2 atom stereocenters. The minimum absolute atomic E-state index is 0.250. The highest BCUT2D eigenvalue weighted by Crippen LogP contribution is 2.39. The second-order valence-electron chi connectivity index (χ2n) is 5.66. The van der Waals surface area contributed by atoms with Crippen molar-refractivity contribution in [1.82, 2.24) is 4.98 Å². The summed E-state index contributed by atoms with van der Waals surface area (Å²) in [5, 5.41) is 3.25. The van der Waals surface area contributed by atoms with Gasteiger partial charge in [0.15, 0.2) is 0 Å². The lowest BCUT2D eigenvalue weighted by Crippen LogP contribution is -2.46. The summed E-state index contributed by atoms with van der Waals surface area (Å²) < 4.78 is 5.59. The zero-order valence-corrected chi connectivity index (χ0v) is 11.6. The predicted molar refractivity (Wildman–Crippen MR) is 77.0 cm³/mol. The molecule has 3 heterocycles. The van der Waals surface area contributed by atoms with Crippen LogP contribution in [0.3, 0.4) is 0 Å². The Hall–Kier alpha value is -1.49. The van der Waals surface area contributed by atoms with E-state index in [0.29, 0.717) is 5.92 Å². The number of pyridine rings is 1. The summed E-state index contributed by atoms with van der Waals surface area (Å²) in [6.07, 6.45) is 3.91. The Morgan fingerprint density at radius 1 is 1.47 bits per heavy atom. The Balaban J connectivity index is 2.01. The third kappa shape index (κ3) is 2.23. The number of fused-ring (bicyclic) bond motifs is 1. The van der Waals surface area contributed by atoms with Crippen molar-refractivity contribution in [3.63, 3.8) is 0 Å². The van der Waals surface area contributed by atoms with Crippen LogP contribution in [0.4, 0.5) is 11.4 Å². The molecule has 0 amide bonds. The van der Waals surface area contributed by atoms with Crippen LogP contribution in [0, 0.1) is 5.92 Å². The molecule has 1 aromatic rings. The number of piperidine rings is 1. The Kier molecular flexibility index (Phi) is 3.22. The minimum atomic E-state index is 0.250. The number of nitrogens with two attached hydrogens (primary N) is 1. The van der Waals surface area contributed by atoms with Crippen LogP contribution in [0.5, 0.6) is 5.88 Å². The van der Waals surface area contributed by atoms with Gasteiger partial charge in [0.05, 0.1) is 24.2 Å². The number of hydrogen-bond donors (Lipinski definition) is 2. The largest absolute Gasteiger partial charge is 0.477 e. The molecule has 3 rings (SSSR count). The molecule has 0 bridgehead atoms.